The highest BCUT2D eigenvalue weighted by Crippen LogP contribution is 2.46. The highest BCUT2D eigenvalue weighted by atomic mass is 16.5. The second kappa shape index (κ2) is 12.8. The first kappa shape index (κ1) is 27.6. The minimum absolute atomic E-state index is 0.0154. The van der Waals surface area contributed by atoms with E-state index in [-0.39, 0.29) is 36.2 Å². The van der Waals surface area contributed by atoms with Gasteiger partial charge < -0.3 is 25.4 Å². The number of aliphatic hydroxyl groups excluding tert-OH is 1. The van der Waals surface area contributed by atoms with Gasteiger partial charge in [-0.2, -0.15) is 0 Å². The number of allylic oxidation sites excluding steroid dienone is 1. The molecule has 0 spiro atoms. The summed E-state index contributed by atoms with van der Waals surface area (Å²) in [5.74, 6) is -2.13. The van der Waals surface area contributed by atoms with Gasteiger partial charge in [-0.3, -0.25) is 19.3 Å². The van der Waals surface area contributed by atoms with Crippen LogP contribution in [-0.4, -0.2) is 97.8 Å². The van der Waals surface area contributed by atoms with Gasteiger partial charge in [0.25, 0.3) is 0 Å². The van der Waals surface area contributed by atoms with Crippen molar-refractivity contribution >= 4 is 17.7 Å². The molecule has 2 saturated heterocycles. The van der Waals surface area contributed by atoms with Crippen LogP contribution in [-0.2, 0) is 19.1 Å². The zero-order chi connectivity index (χ0) is 25.5. The second-order valence-corrected chi connectivity index (χ2v) is 10.2. The van der Waals surface area contributed by atoms with E-state index in [0.717, 1.165) is 32.4 Å². The summed E-state index contributed by atoms with van der Waals surface area (Å²) in [6.07, 6.45) is 6.49. The molecule has 1 aliphatic carbocycles. The quantitative estimate of drug-likeness (QED) is 0.365. The van der Waals surface area contributed by atoms with Gasteiger partial charge in [0.05, 0.1) is 37.7 Å². The fraction of sp³-hybridized carbons (Fsp3) is 0.808. The number of nitrogens with zero attached hydrogens (tertiary/aromatic N) is 2. The first-order valence-electron chi connectivity index (χ1n) is 13.3. The Morgan fingerprint density at radius 1 is 1.20 bits per heavy atom. The van der Waals surface area contributed by atoms with Gasteiger partial charge in [-0.1, -0.05) is 45.8 Å². The van der Waals surface area contributed by atoms with E-state index in [4.69, 9.17) is 4.74 Å². The van der Waals surface area contributed by atoms with E-state index in [0.29, 0.717) is 26.3 Å². The van der Waals surface area contributed by atoms with Crippen LogP contribution in [0.1, 0.15) is 40.0 Å². The number of ether oxygens (including phenoxy) is 1. The lowest BCUT2D eigenvalue weighted by molar-refractivity contribution is -0.144. The summed E-state index contributed by atoms with van der Waals surface area (Å²) in [4.78, 5) is 44.5. The molecular weight excluding hydrogens is 448 g/mol. The molecule has 3 rings (SSSR count). The molecule has 0 aromatic rings. The number of carbonyl (C=O) groups is 3. The fourth-order valence-corrected chi connectivity index (χ4v) is 6.02. The molecule has 3 amide bonds. The maximum absolute atomic E-state index is 14.0. The Balaban J connectivity index is 1.89. The average molecular weight is 493 g/mol. The summed E-state index contributed by atoms with van der Waals surface area (Å²) < 4.78 is 5.39. The number of likely N-dealkylation sites (tertiary alicyclic amines) is 1. The first-order valence-corrected chi connectivity index (χ1v) is 13.3. The number of hydrogen-bond donors (Lipinski definition) is 3. The van der Waals surface area contributed by atoms with Gasteiger partial charge in [0.1, 0.15) is 6.04 Å². The lowest BCUT2D eigenvalue weighted by Crippen LogP contribution is -2.55. The van der Waals surface area contributed by atoms with Crippen LogP contribution in [0, 0.1) is 29.6 Å². The lowest BCUT2D eigenvalue weighted by atomic mass is 9.68. The van der Waals surface area contributed by atoms with Crippen LogP contribution in [0.15, 0.2) is 12.2 Å². The SMILES string of the molecule is CCC[C@@H]1C=C[C@H]2[C@H](C(=O)N([C@@H](CO)[C@@H](C)CC)[C@@H]2C(=O)NCCN2CCOCC2)[C@@H]1C(=O)NC. The van der Waals surface area contributed by atoms with E-state index < -0.39 is 29.8 Å². The Morgan fingerprint density at radius 3 is 2.51 bits per heavy atom. The number of rotatable bonds is 11. The van der Waals surface area contributed by atoms with Crippen LogP contribution < -0.4 is 10.6 Å². The van der Waals surface area contributed by atoms with Crippen molar-refractivity contribution < 1.29 is 24.2 Å². The van der Waals surface area contributed by atoms with Gasteiger partial charge in [0.15, 0.2) is 0 Å². The molecule has 2 heterocycles. The molecule has 2 aliphatic heterocycles. The Morgan fingerprint density at radius 2 is 1.91 bits per heavy atom. The molecule has 0 radical (unpaired) electrons. The van der Waals surface area contributed by atoms with E-state index in [9.17, 15) is 19.5 Å². The Bertz CT molecular complexity index is 769. The molecule has 35 heavy (non-hydrogen) atoms. The number of carbonyl (C=O) groups excluding carboxylic acids is 3. The van der Waals surface area contributed by atoms with Crippen molar-refractivity contribution in [3.05, 3.63) is 12.2 Å². The Labute approximate surface area is 209 Å². The molecule has 0 aromatic carbocycles. The molecule has 0 unspecified atom stereocenters. The van der Waals surface area contributed by atoms with Gasteiger partial charge in [-0.05, 0) is 18.3 Å². The minimum atomic E-state index is -0.741. The van der Waals surface area contributed by atoms with Crippen molar-refractivity contribution in [2.24, 2.45) is 29.6 Å². The van der Waals surface area contributed by atoms with Gasteiger partial charge >= 0.3 is 0 Å². The van der Waals surface area contributed by atoms with Gasteiger partial charge in [0.2, 0.25) is 17.7 Å². The third-order valence-electron chi connectivity index (χ3n) is 8.16. The topological polar surface area (TPSA) is 111 Å². The Kier molecular flexibility index (Phi) is 10.1. The van der Waals surface area contributed by atoms with Gasteiger partial charge in [-0.25, -0.2) is 0 Å². The molecule has 9 heteroatoms. The summed E-state index contributed by atoms with van der Waals surface area (Å²) in [6.45, 7) is 10.1. The number of aliphatic hydroxyl groups is 1. The van der Waals surface area contributed by atoms with E-state index in [1.54, 1.807) is 11.9 Å². The summed E-state index contributed by atoms with van der Waals surface area (Å²) >= 11 is 0. The number of nitrogens with one attached hydrogen (secondary N) is 2. The molecule has 0 saturated carbocycles. The van der Waals surface area contributed by atoms with Crippen molar-refractivity contribution in [1.29, 1.82) is 0 Å². The van der Waals surface area contributed by atoms with Crippen LogP contribution in [0.5, 0.6) is 0 Å². The molecular formula is C26H44N4O5. The number of morpholine rings is 1. The number of fused-ring (bicyclic) bond motifs is 1. The van der Waals surface area contributed by atoms with Gasteiger partial charge in [0, 0.05) is 39.1 Å². The summed E-state index contributed by atoms with van der Waals surface area (Å²) in [5.41, 5.74) is 0. The van der Waals surface area contributed by atoms with Crippen LogP contribution >= 0.6 is 0 Å². The summed E-state index contributed by atoms with van der Waals surface area (Å²) in [5, 5.41) is 16.1. The third-order valence-corrected chi connectivity index (χ3v) is 8.16. The van der Waals surface area contributed by atoms with Crippen molar-refractivity contribution in [3.8, 4) is 0 Å². The predicted molar refractivity (Wildman–Crippen MR) is 133 cm³/mol. The van der Waals surface area contributed by atoms with Crippen molar-refractivity contribution in [3.63, 3.8) is 0 Å². The Hall–Kier alpha value is -1.97. The van der Waals surface area contributed by atoms with Crippen LogP contribution in [0.4, 0.5) is 0 Å². The van der Waals surface area contributed by atoms with E-state index in [1.807, 2.05) is 26.0 Å². The fourth-order valence-electron chi connectivity index (χ4n) is 6.02. The molecule has 2 fully saturated rings. The third kappa shape index (κ3) is 5.89. The normalized spacial score (nSPS) is 30.6. The standard InChI is InChI=1S/C26H44N4O5/c1-5-7-18-8-9-19-22(21(18)24(32)27-4)26(34)30(20(16-31)17(3)6-2)23(19)25(33)28-10-11-29-12-14-35-15-13-29/h8-9,17-23,31H,5-7,10-16H2,1-4H3,(H,27,32)(H,28,33)/t17-,18+,19-,20-,21+,22-,23-/m0/s1. The van der Waals surface area contributed by atoms with E-state index in [2.05, 4.69) is 22.5 Å². The summed E-state index contributed by atoms with van der Waals surface area (Å²) in [6, 6.07) is -1.22. The smallest absolute Gasteiger partial charge is 0.243 e. The van der Waals surface area contributed by atoms with Crippen LogP contribution in [0.3, 0.4) is 0 Å². The highest BCUT2D eigenvalue weighted by molar-refractivity contribution is 5.97. The van der Waals surface area contributed by atoms with Crippen LogP contribution in [0.25, 0.3) is 0 Å². The second-order valence-electron chi connectivity index (χ2n) is 10.2. The van der Waals surface area contributed by atoms with Crippen molar-refractivity contribution in [2.45, 2.75) is 52.1 Å². The average Bonchev–Trinajstić information content (AvgIpc) is 3.16. The maximum atomic E-state index is 14.0. The van der Waals surface area contributed by atoms with E-state index >= 15 is 0 Å². The largest absolute Gasteiger partial charge is 0.394 e. The summed E-state index contributed by atoms with van der Waals surface area (Å²) in [7, 11) is 1.60. The first-order chi connectivity index (χ1) is 16.9. The van der Waals surface area contributed by atoms with E-state index in [1.165, 1.54) is 0 Å². The molecule has 3 N–H and O–H groups in total. The minimum Gasteiger partial charge on any atom is -0.394 e. The molecule has 198 valence electrons. The van der Waals surface area contributed by atoms with Crippen molar-refractivity contribution in [1.82, 2.24) is 20.4 Å². The molecule has 3 aliphatic rings. The van der Waals surface area contributed by atoms with Crippen molar-refractivity contribution in [2.75, 3.05) is 53.0 Å². The predicted octanol–water partition coefficient (Wildman–Crippen LogP) is 0.633. The molecule has 0 bridgehead atoms. The molecule has 7 atom stereocenters. The highest BCUT2D eigenvalue weighted by Gasteiger charge is 2.58. The zero-order valence-electron chi connectivity index (χ0n) is 21.7. The van der Waals surface area contributed by atoms with Gasteiger partial charge in [-0.15, -0.1) is 0 Å². The number of amides is 3. The number of hydrogen-bond acceptors (Lipinski definition) is 6. The maximum Gasteiger partial charge on any atom is 0.243 e. The van der Waals surface area contributed by atoms with Crippen LogP contribution in [0.2, 0.25) is 0 Å². The lowest BCUT2D eigenvalue weighted by Gasteiger charge is -2.36. The monoisotopic (exact) mass is 492 g/mol. The zero-order valence-corrected chi connectivity index (χ0v) is 21.7. The molecule has 9 nitrogen and oxygen atoms in total. The molecule has 0 aromatic heterocycles.